The van der Waals surface area contributed by atoms with E-state index in [1.807, 2.05) is 6.07 Å². The van der Waals surface area contributed by atoms with Crippen molar-refractivity contribution in [1.29, 1.82) is 0 Å². The number of hydrogen-bond acceptors (Lipinski definition) is 3. The molecule has 1 aliphatic heterocycles. The Morgan fingerprint density at radius 3 is 2.30 bits per heavy atom. The van der Waals surface area contributed by atoms with Crippen LogP contribution in [0.25, 0.3) is 0 Å². The number of benzene rings is 2. The van der Waals surface area contributed by atoms with Crippen molar-refractivity contribution in [2.45, 2.75) is 44.1 Å². The van der Waals surface area contributed by atoms with E-state index < -0.39 is 0 Å². The maximum Gasteiger partial charge on any atom is 0.234 e. The van der Waals surface area contributed by atoms with Crippen LogP contribution in [0.5, 0.6) is 0 Å². The molecule has 4 rings (SSSR count). The van der Waals surface area contributed by atoms with Gasteiger partial charge in [0.25, 0.3) is 0 Å². The van der Waals surface area contributed by atoms with Gasteiger partial charge in [-0.15, -0.1) is 0 Å². The molecule has 4 heteroatoms. The Morgan fingerprint density at radius 1 is 1.00 bits per heavy atom. The lowest BCUT2D eigenvalue weighted by Crippen LogP contribution is -2.47. The van der Waals surface area contributed by atoms with E-state index in [-0.39, 0.29) is 11.3 Å². The highest BCUT2D eigenvalue weighted by Gasteiger charge is 2.35. The summed E-state index contributed by atoms with van der Waals surface area (Å²) >= 11 is 0. The average Bonchev–Trinajstić information content (AvgIpc) is 2.77. The van der Waals surface area contributed by atoms with Crippen LogP contribution in [-0.2, 0) is 21.5 Å². The first-order valence-electron chi connectivity index (χ1n) is 11.4. The van der Waals surface area contributed by atoms with Gasteiger partial charge in [0.05, 0.1) is 6.54 Å². The fourth-order valence-electron chi connectivity index (χ4n) is 4.72. The summed E-state index contributed by atoms with van der Waals surface area (Å²) in [5, 5.41) is 3.28. The molecular weight excluding hydrogens is 372 g/mol. The summed E-state index contributed by atoms with van der Waals surface area (Å²) in [5.41, 5.74) is 2.56. The standard InChI is InChI=1S/C26H34N2O2/c29-25(20-28(19-23-10-7-11-23)18-22-8-3-1-4-9-22)27-21-26(14-16-30-17-15-26)24-12-5-2-6-13-24/h1-6,8-9,12-13,23H,7,10-11,14-21H2,(H,27,29). The van der Waals surface area contributed by atoms with Gasteiger partial charge >= 0.3 is 0 Å². The molecule has 30 heavy (non-hydrogen) atoms. The van der Waals surface area contributed by atoms with E-state index in [1.54, 1.807) is 0 Å². The predicted octanol–water partition coefficient (Wildman–Crippen LogP) is 4.15. The molecule has 0 spiro atoms. The van der Waals surface area contributed by atoms with Gasteiger partial charge in [-0.25, -0.2) is 0 Å². The van der Waals surface area contributed by atoms with Crippen LogP contribution in [0.4, 0.5) is 0 Å². The van der Waals surface area contributed by atoms with Crippen LogP contribution < -0.4 is 5.32 Å². The molecule has 1 N–H and O–H groups in total. The Hall–Kier alpha value is -2.17. The number of carbonyl (C=O) groups is 1. The number of amides is 1. The zero-order valence-corrected chi connectivity index (χ0v) is 17.9. The second kappa shape index (κ2) is 10.2. The van der Waals surface area contributed by atoms with E-state index >= 15 is 0 Å². The number of nitrogens with one attached hydrogen (secondary N) is 1. The molecule has 0 aromatic heterocycles. The van der Waals surface area contributed by atoms with Crippen molar-refractivity contribution in [3.63, 3.8) is 0 Å². The van der Waals surface area contributed by atoms with Crippen LogP contribution in [0, 0.1) is 5.92 Å². The quantitative estimate of drug-likeness (QED) is 0.680. The Balaban J connectivity index is 1.38. The third-order valence-electron chi connectivity index (χ3n) is 6.82. The summed E-state index contributed by atoms with van der Waals surface area (Å²) in [6, 6.07) is 21.1. The number of rotatable bonds is 9. The van der Waals surface area contributed by atoms with Gasteiger partial charge in [-0.2, -0.15) is 0 Å². The smallest absolute Gasteiger partial charge is 0.234 e. The summed E-state index contributed by atoms with van der Waals surface area (Å²) in [6.07, 6.45) is 5.83. The highest BCUT2D eigenvalue weighted by molar-refractivity contribution is 5.78. The zero-order valence-electron chi connectivity index (χ0n) is 17.9. The Labute approximate surface area is 180 Å². The Morgan fingerprint density at radius 2 is 1.67 bits per heavy atom. The lowest BCUT2D eigenvalue weighted by molar-refractivity contribution is -0.123. The molecule has 2 aromatic rings. The highest BCUT2D eigenvalue weighted by atomic mass is 16.5. The third-order valence-corrected chi connectivity index (χ3v) is 6.82. The summed E-state index contributed by atoms with van der Waals surface area (Å²) in [4.78, 5) is 15.3. The first-order chi connectivity index (χ1) is 14.7. The maximum atomic E-state index is 13.0. The van der Waals surface area contributed by atoms with Crippen LogP contribution in [-0.4, -0.2) is 43.7 Å². The molecule has 0 atom stereocenters. The summed E-state index contributed by atoms with van der Waals surface area (Å²) in [7, 11) is 0. The van der Waals surface area contributed by atoms with Gasteiger partial charge in [-0.1, -0.05) is 67.1 Å². The van der Waals surface area contributed by atoms with E-state index in [0.717, 1.165) is 45.1 Å². The van der Waals surface area contributed by atoms with Gasteiger partial charge in [-0.05, 0) is 42.7 Å². The molecule has 2 aromatic carbocycles. The first kappa shape index (κ1) is 21.1. The fraction of sp³-hybridized carbons (Fsp3) is 0.500. The Kier molecular flexibility index (Phi) is 7.19. The van der Waals surface area contributed by atoms with Gasteiger partial charge in [0, 0.05) is 38.3 Å². The summed E-state index contributed by atoms with van der Waals surface area (Å²) < 4.78 is 5.63. The van der Waals surface area contributed by atoms with E-state index in [9.17, 15) is 4.79 Å². The van der Waals surface area contributed by atoms with Crippen LogP contribution >= 0.6 is 0 Å². The molecule has 2 fully saturated rings. The topological polar surface area (TPSA) is 41.6 Å². The SMILES string of the molecule is O=C(CN(Cc1ccccc1)CC1CCC1)NCC1(c2ccccc2)CCOCC1. The zero-order chi connectivity index (χ0) is 20.7. The second-order valence-electron chi connectivity index (χ2n) is 8.99. The van der Waals surface area contributed by atoms with Crippen molar-refractivity contribution in [2.75, 3.05) is 32.8 Å². The maximum absolute atomic E-state index is 13.0. The van der Waals surface area contributed by atoms with Crippen LogP contribution in [0.15, 0.2) is 60.7 Å². The van der Waals surface area contributed by atoms with Crippen LogP contribution in [0.1, 0.15) is 43.2 Å². The van der Waals surface area contributed by atoms with Crippen molar-refractivity contribution >= 4 is 5.91 Å². The van der Waals surface area contributed by atoms with Crippen molar-refractivity contribution < 1.29 is 9.53 Å². The number of hydrogen-bond donors (Lipinski definition) is 1. The molecular formula is C26H34N2O2. The van der Waals surface area contributed by atoms with Crippen LogP contribution in [0.2, 0.25) is 0 Å². The fourth-order valence-corrected chi connectivity index (χ4v) is 4.72. The van der Waals surface area contributed by atoms with Crippen molar-refractivity contribution in [1.82, 2.24) is 10.2 Å². The normalized spacial score (nSPS) is 18.7. The van der Waals surface area contributed by atoms with Crippen LogP contribution in [0.3, 0.4) is 0 Å². The molecule has 2 aliphatic rings. The molecule has 4 nitrogen and oxygen atoms in total. The lowest BCUT2D eigenvalue weighted by atomic mass is 9.74. The van der Waals surface area contributed by atoms with E-state index in [4.69, 9.17) is 4.74 Å². The number of ether oxygens (including phenoxy) is 1. The monoisotopic (exact) mass is 406 g/mol. The van der Waals surface area contributed by atoms with E-state index in [0.29, 0.717) is 13.1 Å². The molecule has 0 radical (unpaired) electrons. The first-order valence-corrected chi connectivity index (χ1v) is 11.4. The third kappa shape index (κ3) is 5.50. The van der Waals surface area contributed by atoms with Gasteiger partial charge in [0.2, 0.25) is 5.91 Å². The van der Waals surface area contributed by atoms with Gasteiger partial charge in [0.15, 0.2) is 0 Å². The molecule has 0 bridgehead atoms. The van der Waals surface area contributed by atoms with Crippen molar-refractivity contribution in [3.05, 3.63) is 71.8 Å². The van der Waals surface area contributed by atoms with Crippen molar-refractivity contribution in [2.24, 2.45) is 5.92 Å². The minimum atomic E-state index is -0.0204. The number of nitrogens with zero attached hydrogens (tertiary/aromatic N) is 1. The minimum Gasteiger partial charge on any atom is -0.381 e. The van der Waals surface area contributed by atoms with E-state index in [1.165, 1.54) is 30.4 Å². The predicted molar refractivity (Wildman–Crippen MR) is 120 cm³/mol. The molecule has 1 saturated carbocycles. The summed E-state index contributed by atoms with van der Waals surface area (Å²) in [5.74, 6) is 0.875. The minimum absolute atomic E-state index is 0.0204. The van der Waals surface area contributed by atoms with Crippen molar-refractivity contribution in [3.8, 4) is 0 Å². The summed E-state index contributed by atoms with van der Waals surface area (Å²) in [6.45, 7) is 4.51. The second-order valence-corrected chi connectivity index (χ2v) is 8.99. The molecule has 1 saturated heterocycles. The molecule has 1 aliphatic carbocycles. The highest BCUT2D eigenvalue weighted by Crippen LogP contribution is 2.34. The molecule has 160 valence electrons. The van der Waals surface area contributed by atoms with Gasteiger partial charge in [-0.3, -0.25) is 9.69 Å². The largest absolute Gasteiger partial charge is 0.381 e. The average molecular weight is 407 g/mol. The lowest BCUT2D eigenvalue weighted by Gasteiger charge is -2.38. The van der Waals surface area contributed by atoms with Gasteiger partial charge in [0.1, 0.15) is 0 Å². The van der Waals surface area contributed by atoms with Gasteiger partial charge < -0.3 is 10.1 Å². The molecule has 1 heterocycles. The Bertz CT molecular complexity index is 783. The van der Waals surface area contributed by atoms with E-state index in [2.05, 4.69) is 64.8 Å². The number of carbonyl (C=O) groups excluding carboxylic acids is 1. The molecule has 0 unspecified atom stereocenters. The molecule has 1 amide bonds.